The molecule has 0 fully saturated rings. The van der Waals surface area contributed by atoms with Gasteiger partial charge in [-0.05, 0) is 31.2 Å². The zero-order chi connectivity index (χ0) is 12.1. The van der Waals surface area contributed by atoms with Crippen molar-refractivity contribution >= 4 is 11.9 Å². The minimum atomic E-state index is -0.916. The summed E-state index contributed by atoms with van der Waals surface area (Å²) in [5.41, 5.74) is 5.46. The first-order valence-electron chi connectivity index (χ1n) is 4.77. The van der Waals surface area contributed by atoms with Gasteiger partial charge in [-0.15, -0.1) is 0 Å². The van der Waals surface area contributed by atoms with Crippen LogP contribution in [0.25, 0.3) is 0 Å². The van der Waals surface area contributed by atoms with E-state index in [0.29, 0.717) is 11.3 Å². The molecule has 0 heterocycles. The van der Waals surface area contributed by atoms with Gasteiger partial charge in [0.25, 0.3) is 0 Å². The van der Waals surface area contributed by atoms with Crippen molar-refractivity contribution in [1.82, 2.24) is 0 Å². The monoisotopic (exact) mass is 223 g/mol. The lowest BCUT2D eigenvalue weighted by Gasteiger charge is -2.12. The maximum atomic E-state index is 10.8. The SMILES string of the molecule is C[C@H](CC(=O)O)Oc1ccc(C(N)=O)cc1. The highest BCUT2D eigenvalue weighted by atomic mass is 16.5. The number of nitrogens with two attached hydrogens (primary N) is 1. The van der Waals surface area contributed by atoms with Gasteiger partial charge in [-0.1, -0.05) is 0 Å². The van der Waals surface area contributed by atoms with Gasteiger partial charge in [-0.2, -0.15) is 0 Å². The summed E-state index contributed by atoms with van der Waals surface area (Å²) >= 11 is 0. The van der Waals surface area contributed by atoms with Crippen molar-refractivity contribution in [2.24, 2.45) is 5.73 Å². The van der Waals surface area contributed by atoms with Crippen molar-refractivity contribution in [2.75, 3.05) is 0 Å². The lowest BCUT2D eigenvalue weighted by Crippen LogP contribution is -2.16. The second-order valence-corrected chi connectivity index (χ2v) is 3.41. The Labute approximate surface area is 92.8 Å². The number of carbonyl (C=O) groups excluding carboxylic acids is 1. The van der Waals surface area contributed by atoms with Crippen LogP contribution >= 0.6 is 0 Å². The Morgan fingerprint density at radius 1 is 1.38 bits per heavy atom. The quantitative estimate of drug-likeness (QED) is 0.780. The smallest absolute Gasteiger partial charge is 0.307 e. The summed E-state index contributed by atoms with van der Waals surface area (Å²) < 4.78 is 5.33. The second-order valence-electron chi connectivity index (χ2n) is 3.41. The van der Waals surface area contributed by atoms with Gasteiger partial charge in [0, 0.05) is 5.56 Å². The molecule has 0 aliphatic heterocycles. The van der Waals surface area contributed by atoms with Crippen LogP contribution in [-0.4, -0.2) is 23.1 Å². The predicted molar refractivity (Wildman–Crippen MR) is 57.3 cm³/mol. The van der Waals surface area contributed by atoms with Crippen molar-refractivity contribution < 1.29 is 19.4 Å². The van der Waals surface area contributed by atoms with Gasteiger partial charge in [0.1, 0.15) is 11.9 Å². The van der Waals surface area contributed by atoms with Crippen molar-refractivity contribution in [3.05, 3.63) is 29.8 Å². The molecule has 0 saturated heterocycles. The number of hydrogen-bond donors (Lipinski definition) is 2. The Morgan fingerprint density at radius 2 is 1.94 bits per heavy atom. The Morgan fingerprint density at radius 3 is 2.38 bits per heavy atom. The van der Waals surface area contributed by atoms with Gasteiger partial charge in [-0.3, -0.25) is 9.59 Å². The van der Waals surface area contributed by atoms with Gasteiger partial charge in [-0.25, -0.2) is 0 Å². The van der Waals surface area contributed by atoms with Crippen LogP contribution < -0.4 is 10.5 Å². The zero-order valence-electron chi connectivity index (χ0n) is 8.84. The molecule has 5 nitrogen and oxygen atoms in total. The lowest BCUT2D eigenvalue weighted by atomic mass is 10.2. The highest BCUT2D eigenvalue weighted by Gasteiger charge is 2.09. The molecular formula is C11H13NO4. The first-order valence-corrected chi connectivity index (χ1v) is 4.77. The molecule has 1 aromatic rings. The first kappa shape index (κ1) is 12.0. The number of primary amides is 1. The number of carbonyl (C=O) groups is 2. The van der Waals surface area contributed by atoms with Crippen molar-refractivity contribution in [1.29, 1.82) is 0 Å². The third-order valence-corrected chi connectivity index (χ3v) is 1.94. The molecule has 0 aliphatic rings. The molecule has 16 heavy (non-hydrogen) atoms. The summed E-state index contributed by atoms with van der Waals surface area (Å²) in [6.45, 7) is 1.66. The van der Waals surface area contributed by atoms with Crippen LogP contribution in [0.4, 0.5) is 0 Å². The van der Waals surface area contributed by atoms with Crippen LogP contribution in [0.5, 0.6) is 5.75 Å². The third-order valence-electron chi connectivity index (χ3n) is 1.94. The Bertz CT molecular complexity index is 385. The average molecular weight is 223 g/mol. The number of rotatable bonds is 5. The summed E-state index contributed by atoms with van der Waals surface area (Å²) in [5.74, 6) is -0.912. The van der Waals surface area contributed by atoms with E-state index in [1.807, 2.05) is 0 Å². The molecule has 1 aromatic carbocycles. The number of carboxylic acids is 1. The van der Waals surface area contributed by atoms with Gasteiger partial charge in [0.15, 0.2) is 0 Å². The molecule has 1 rings (SSSR count). The molecule has 0 bridgehead atoms. The number of aliphatic carboxylic acids is 1. The van der Waals surface area contributed by atoms with Crippen LogP contribution in [0.3, 0.4) is 0 Å². The number of carboxylic acid groups (broad SMARTS) is 1. The fourth-order valence-electron chi connectivity index (χ4n) is 1.22. The average Bonchev–Trinajstić information content (AvgIpc) is 2.16. The van der Waals surface area contributed by atoms with Crippen LogP contribution in [0, 0.1) is 0 Å². The fourth-order valence-corrected chi connectivity index (χ4v) is 1.22. The Balaban J connectivity index is 2.61. The zero-order valence-corrected chi connectivity index (χ0v) is 8.84. The van der Waals surface area contributed by atoms with Crippen LogP contribution in [0.1, 0.15) is 23.7 Å². The minimum Gasteiger partial charge on any atom is -0.490 e. The Kier molecular flexibility index (Phi) is 3.88. The summed E-state index contributed by atoms with van der Waals surface area (Å²) in [6, 6.07) is 6.23. The number of amides is 1. The lowest BCUT2D eigenvalue weighted by molar-refractivity contribution is -0.138. The summed E-state index contributed by atoms with van der Waals surface area (Å²) in [5, 5.41) is 8.54. The molecule has 3 N–H and O–H groups in total. The van der Waals surface area contributed by atoms with E-state index in [4.69, 9.17) is 15.6 Å². The summed E-state index contributed by atoms with van der Waals surface area (Å²) in [6.07, 6.45) is -0.491. The largest absolute Gasteiger partial charge is 0.490 e. The molecule has 86 valence electrons. The highest BCUT2D eigenvalue weighted by Crippen LogP contribution is 2.14. The Hall–Kier alpha value is -2.04. The van der Waals surface area contributed by atoms with E-state index < -0.39 is 18.0 Å². The van der Waals surface area contributed by atoms with E-state index in [-0.39, 0.29) is 6.42 Å². The van der Waals surface area contributed by atoms with Crippen molar-refractivity contribution in [2.45, 2.75) is 19.4 Å². The molecular weight excluding hydrogens is 210 g/mol. The predicted octanol–water partition coefficient (Wildman–Crippen LogP) is 1.03. The van der Waals surface area contributed by atoms with E-state index in [1.54, 1.807) is 19.1 Å². The molecule has 1 amide bonds. The molecule has 0 unspecified atom stereocenters. The van der Waals surface area contributed by atoms with E-state index in [2.05, 4.69) is 0 Å². The molecule has 1 atom stereocenters. The normalized spacial score (nSPS) is 11.8. The number of hydrogen-bond acceptors (Lipinski definition) is 3. The summed E-state index contributed by atoms with van der Waals surface area (Å²) in [4.78, 5) is 21.2. The van der Waals surface area contributed by atoms with E-state index >= 15 is 0 Å². The summed E-state index contributed by atoms with van der Waals surface area (Å²) in [7, 11) is 0. The van der Waals surface area contributed by atoms with Gasteiger partial charge in [0.2, 0.25) is 5.91 Å². The fraction of sp³-hybridized carbons (Fsp3) is 0.273. The molecule has 0 saturated carbocycles. The molecule has 0 aromatic heterocycles. The second kappa shape index (κ2) is 5.16. The molecule has 0 aliphatic carbocycles. The van der Waals surface area contributed by atoms with Crippen LogP contribution in [0.2, 0.25) is 0 Å². The van der Waals surface area contributed by atoms with Gasteiger partial charge in [0.05, 0.1) is 6.42 Å². The van der Waals surface area contributed by atoms with Crippen LogP contribution in [0.15, 0.2) is 24.3 Å². The first-order chi connectivity index (χ1) is 7.49. The van der Waals surface area contributed by atoms with E-state index in [9.17, 15) is 9.59 Å². The minimum absolute atomic E-state index is 0.0719. The topological polar surface area (TPSA) is 89.6 Å². The third kappa shape index (κ3) is 3.61. The van der Waals surface area contributed by atoms with Crippen molar-refractivity contribution in [3.8, 4) is 5.75 Å². The standard InChI is InChI=1S/C11H13NO4/c1-7(6-10(13)14)16-9-4-2-8(3-5-9)11(12)15/h2-5,7H,6H2,1H3,(H2,12,15)(H,13,14)/t7-/m1/s1. The van der Waals surface area contributed by atoms with Crippen LogP contribution in [-0.2, 0) is 4.79 Å². The number of benzene rings is 1. The van der Waals surface area contributed by atoms with Gasteiger partial charge >= 0.3 is 5.97 Å². The molecule has 5 heteroatoms. The maximum Gasteiger partial charge on any atom is 0.307 e. The maximum absolute atomic E-state index is 10.8. The van der Waals surface area contributed by atoms with Crippen molar-refractivity contribution in [3.63, 3.8) is 0 Å². The van der Waals surface area contributed by atoms with Gasteiger partial charge < -0.3 is 15.6 Å². The molecule has 0 spiro atoms. The van der Waals surface area contributed by atoms with E-state index in [1.165, 1.54) is 12.1 Å². The molecule has 0 radical (unpaired) electrons. The number of ether oxygens (including phenoxy) is 1. The van der Waals surface area contributed by atoms with E-state index in [0.717, 1.165) is 0 Å². The highest BCUT2D eigenvalue weighted by molar-refractivity contribution is 5.92.